The standard InChI is InChI=1S/C19H14F3N5OS/c1-10-8-12(11(2)26(10)13-6-4-3-5-7-13)9-14-15(23)27-18(24-16(14)28)29-17(25-27)19(20,21)22/h3-9,23H,1-2H3/b14-9+,23-15?. The summed E-state index contributed by atoms with van der Waals surface area (Å²) in [5.41, 5.74) is 3.23. The van der Waals surface area contributed by atoms with E-state index in [9.17, 15) is 18.0 Å². The molecule has 0 saturated heterocycles. The second-order valence-corrected chi connectivity index (χ2v) is 7.38. The molecule has 6 nitrogen and oxygen atoms in total. The van der Waals surface area contributed by atoms with Crippen LogP contribution in [-0.4, -0.2) is 37.7 Å². The number of rotatable bonds is 2. The fourth-order valence-corrected chi connectivity index (χ4v) is 3.93. The normalized spacial score (nSPS) is 18.2. The molecule has 0 unspecified atom stereocenters. The number of hydrazone groups is 1. The minimum Gasteiger partial charge on any atom is -0.318 e. The Balaban J connectivity index is 1.74. The first-order valence-electron chi connectivity index (χ1n) is 8.48. The number of aryl methyl sites for hydroxylation is 1. The number of benzene rings is 1. The van der Waals surface area contributed by atoms with Crippen molar-refractivity contribution in [3.8, 4) is 5.69 Å². The molecule has 1 aromatic heterocycles. The van der Waals surface area contributed by atoms with E-state index in [0.717, 1.165) is 22.1 Å². The molecule has 0 saturated carbocycles. The zero-order valence-corrected chi connectivity index (χ0v) is 16.1. The number of thioether (sulfide) groups is 1. The number of alkyl halides is 3. The quantitative estimate of drug-likeness (QED) is 0.742. The number of halogens is 3. The summed E-state index contributed by atoms with van der Waals surface area (Å²) in [5.74, 6) is -1.20. The van der Waals surface area contributed by atoms with Crippen LogP contribution in [0.1, 0.15) is 17.0 Å². The second kappa shape index (κ2) is 6.73. The minimum absolute atomic E-state index is 0.116. The maximum absolute atomic E-state index is 12.9. The van der Waals surface area contributed by atoms with E-state index in [2.05, 4.69) is 10.1 Å². The molecule has 29 heavy (non-hydrogen) atoms. The number of aliphatic imine (C=N–C) groups is 1. The number of hydrogen-bond acceptors (Lipinski definition) is 4. The highest BCUT2D eigenvalue weighted by molar-refractivity contribution is 8.27. The Labute approximate surface area is 167 Å². The third kappa shape index (κ3) is 3.29. The summed E-state index contributed by atoms with van der Waals surface area (Å²) in [6.07, 6.45) is -3.20. The van der Waals surface area contributed by atoms with Gasteiger partial charge in [-0.15, -0.1) is 0 Å². The maximum atomic E-state index is 12.9. The van der Waals surface area contributed by atoms with Crippen molar-refractivity contribution < 1.29 is 18.0 Å². The van der Waals surface area contributed by atoms with Crippen molar-refractivity contribution in [2.75, 3.05) is 0 Å². The van der Waals surface area contributed by atoms with Crippen LogP contribution in [0.3, 0.4) is 0 Å². The van der Waals surface area contributed by atoms with E-state index in [-0.39, 0.29) is 22.5 Å². The summed E-state index contributed by atoms with van der Waals surface area (Å²) < 4.78 is 40.8. The Morgan fingerprint density at radius 3 is 2.52 bits per heavy atom. The summed E-state index contributed by atoms with van der Waals surface area (Å²) in [5, 5.41) is 10.9. The number of carbonyl (C=O) groups excluding carboxylic acids is 1. The number of para-hydroxylation sites is 1. The molecule has 10 heteroatoms. The molecule has 2 aliphatic heterocycles. The molecule has 0 fully saturated rings. The average Bonchev–Trinajstić information content (AvgIpc) is 3.20. The largest absolute Gasteiger partial charge is 0.441 e. The van der Waals surface area contributed by atoms with Crippen LogP contribution >= 0.6 is 11.8 Å². The van der Waals surface area contributed by atoms with Crippen LogP contribution < -0.4 is 0 Å². The van der Waals surface area contributed by atoms with Gasteiger partial charge in [-0.3, -0.25) is 10.2 Å². The van der Waals surface area contributed by atoms with E-state index >= 15 is 0 Å². The van der Waals surface area contributed by atoms with Crippen molar-refractivity contribution in [2.45, 2.75) is 20.0 Å². The highest BCUT2D eigenvalue weighted by Gasteiger charge is 2.46. The van der Waals surface area contributed by atoms with E-state index in [1.165, 1.54) is 6.08 Å². The summed E-state index contributed by atoms with van der Waals surface area (Å²) in [6, 6.07) is 11.4. The molecular weight excluding hydrogens is 403 g/mol. The Morgan fingerprint density at radius 2 is 1.86 bits per heavy atom. The molecule has 0 bridgehead atoms. The Kier molecular flexibility index (Phi) is 4.45. The highest BCUT2D eigenvalue weighted by atomic mass is 32.2. The van der Waals surface area contributed by atoms with Crippen LogP contribution in [0.25, 0.3) is 11.8 Å². The van der Waals surface area contributed by atoms with Gasteiger partial charge in [0.1, 0.15) is 0 Å². The van der Waals surface area contributed by atoms with Crippen LogP contribution in [0.4, 0.5) is 13.2 Å². The molecule has 0 spiro atoms. The second-order valence-electron chi connectivity index (χ2n) is 6.42. The third-order valence-corrected chi connectivity index (χ3v) is 5.43. The lowest BCUT2D eigenvalue weighted by atomic mass is 10.1. The molecule has 0 aliphatic carbocycles. The summed E-state index contributed by atoms with van der Waals surface area (Å²) in [4.78, 5) is 16.1. The third-order valence-electron chi connectivity index (χ3n) is 4.48. The molecule has 0 radical (unpaired) electrons. The van der Waals surface area contributed by atoms with Crippen molar-refractivity contribution in [2.24, 2.45) is 10.1 Å². The van der Waals surface area contributed by atoms with E-state index in [1.54, 1.807) is 0 Å². The lowest BCUT2D eigenvalue weighted by molar-refractivity contribution is -0.114. The number of nitrogens with zero attached hydrogens (tertiary/aromatic N) is 4. The fourth-order valence-electron chi connectivity index (χ4n) is 3.17. The van der Waals surface area contributed by atoms with Gasteiger partial charge in [-0.2, -0.15) is 28.3 Å². The number of carbonyl (C=O) groups is 1. The number of fused-ring (bicyclic) bond motifs is 1. The Hall–Kier alpha value is -3.14. The lowest BCUT2D eigenvalue weighted by Gasteiger charge is -2.20. The lowest BCUT2D eigenvalue weighted by Crippen LogP contribution is -2.35. The molecule has 148 valence electrons. The van der Waals surface area contributed by atoms with Gasteiger partial charge in [0.25, 0.3) is 5.91 Å². The van der Waals surface area contributed by atoms with Crippen molar-refractivity contribution in [1.82, 2.24) is 9.58 Å². The number of amidine groups is 2. The summed E-state index contributed by atoms with van der Waals surface area (Å²) >= 11 is 0.232. The SMILES string of the molecule is Cc1cc(/C=C2\C(=N)N3N=C(C(F)(F)F)SC3=NC2=O)c(C)n1-c1ccccc1. The van der Waals surface area contributed by atoms with Gasteiger partial charge in [0.2, 0.25) is 10.2 Å². The topological polar surface area (TPSA) is 73.8 Å². The monoisotopic (exact) mass is 417 g/mol. The van der Waals surface area contributed by atoms with Crippen LogP contribution in [0.5, 0.6) is 0 Å². The molecule has 1 N–H and O–H groups in total. The summed E-state index contributed by atoms with van der Waals surface area (Å²) in [7, 11) is 0. The van der Waals surface area contributed by atoms with E-state index < -0.39 is 23.0 Å². The van der Waals surface area contributed by atoms with E-state index in [1.807, 2.05) is 54.8 Å². The number of nitrogens with one attached hydrogen (secondary N) is 1. The number of aromatic nitrogens is 1. The van der Waals surface area contributed by atoms with E-state index in [4.69, 9.17) is 5.41 Å². The van der Waals surface area contributed by atoms with Crippen LogP contribution in [0.15, 0.2) is 52.1 Å². The van der Waals surface area contributed by atoms with Crippen molar-refractivity contribution in [3.05, 3.63) is 58.9 Å². The molecule has 2 aliphatic rings. The Morgan fingerprint density at radius 1 is 1.17 bits per heavy atom. The molecule has 1 aromatic carbocycles. The van der Waals surface area contributed by atoms with Gasteiger partial charge in [0.15, 0.2) is 5.84 Å². The summed E-state index contributed by atoms with van der Waals surface area (Å²) in [6.45, 7) is 3.77. The molecule has 2 aromatic rings. The molecule has 1 amide bonds. The predicted molar refractivity (Wildman–Crippen MR) is 106 cm³/mol. The highest BCUT2D eigenvalue weighted by Crippen LogP contribution is 2.35. The molecular formula is C19H14F3N5OS. The Bertz CT molecular complexity index is 1130. The molecule has 3 heterocycles. The van der Waals surface area contributed by atoms with Crippen molar-refractivity contribution in [1.29, 1.82) is 5.41 Å². The minimum atomic E-state index is -4.67. The fraction of sp³-hybridized carbons (Fsp3) is 0.158. The van der Waals surface area contributed by atoms with Gasteiger partial charge >= 0.3 is 6.18 Å². The first kappa shape index (κ1) is 19.2. The number of amides is 1. The van der Waals surface area contributed by atoms with Crippen LogP contribution in [0, 0.1) is 19.3 Å². The predicted octanol–water partition coefficient (Wildman–Crippen LogP) is 4.28. The first-order valence-corrected chi connectivity index (χ1v) is 9.30. The van der Waals surface area contributed by atoms with Gasteiger partial charge in [0, 0.05) is 17.1 Å². The number of hydrogen-bond donors (Lipinski definition) is 1. The maximum Gasteiger partial charge on any atom is 0.441 e. The van der Waals surface area contributed by atoms with Gasteiger partial charge in [-0.1, -0.05) is 18.2 Å². The van der Waals surface area contributed by atoms with Gasteiger partial charge in [0.05, 0.1) is 5.57 Å². The van der Waals surface area contributed by atoms with Gasteiger partial charge < -0.3 is 4.57 Å². The zero-order chi connectivity index (χ0) is 20.9. The molecule has 0 atom stereocenters. The van der Waals surface area contributed by atoms with Crippen molar-refractivity contribution >= 4 is 39.8 Å². The molecule has 4 rings (SSSR count). The van der Waals surface area contributed by atoms with Crippen LogP contribution in [0.2, 0.25) is 0 Å². The zero-order valence-electron chi connectivity index (χ0n) is 15.3. The van der Waals surface area contributed by atoms with E-state index in [0.29, 0.717) is 5.56 Å². The van der Waals surface area contributed by atoms with Crippen LogP contribution in [-0.2, 0) is 4.79 Å². The average molecular weight is 417 g/mol. The van der Waals surface area contributed by atoms with Gasteiger partial charge in [-0.05, 0) is 55.4 Å². The first-order chi connectivity index (χ1) is 13.7. The van der Waals surface area contributed by atoms with Crippen molar-refractivity contribution in [3.63, 3.8) is 0 Å². The van der Waals surface area contributed by atoms with Gasteiger partial charge in [-0.25, -0.2) is 0 Å². The smallest absolute Gasteiger partial charge is 0.318 e.